The van der Waals surface area contributed by atoms with E-state index in [0.29, 0.717) is 37.7 Å². The molecular weight excluding hydrogens is 390 g/mol. The molecule has 2 amide bonds. The van der Waals surface area contributed by atoms with Crippen LogP contribution in [0.4, 0.5) is 5.69 Å². The van der Waals surface area contributed by atoms with E-state index >= 15 is 0 Å². The molecule has 0 aromatic heterocycles. The Hall–Kier alpha value is -1.93. The first kappa shape index (κ1) is 21.8. The van der Waals surface area contributed by atoms with Gasteiger partial charge in [0, 0.05) is 38.7 Å². The van der Waals surface area contributed by atoms with Crippen LogP contribution in [0.2, 0.25) is 0 Å². The standard InChI is InChI=1S/C21H31N3O4S/c1-15(2)9-10-22-21(26)20-14-17-13-18(7-8-19(17)24(20)16(3)25)29(27,28)23-11-5-4-6-12-23/h7-8,13,15,20H,4-6,9-12,14H2,1-3H3,(H,22,26)/t20-/m1/s1. The highest BCUT2D eigenvalue weighted by molar-refractivity contribution is 7.89. The van der Waals surface area contributed by atoms with Crippen LogP contribution in [-0.4, -0.2) is 50.2 Å². The lowest BCUT2D eigenvalue weighted by Gasteiger charge is -2.26. The third-order valence-corrected chi connectivity index (χ3v) is 7.55. The molecule has 3 rings (SSSR count). The Kier molecular flexibility index (Phi) is 6.63. The van der Waals surface area contributed by atoms with Gasteiger partial charge in [0.25, 0.3) is 0 Å². The smallest absolute Gasteiger partial charge is 0.243 e. The molecule has 160 valence electrons. The Morgan fingerprint density at radius 3 is 2.48 bits per heavy atom. The monoisotopic (exact) mass is 421 g/mol. The van der Waals surface area contributed by atoms with Gasteiger partial charge in [0.15, 0.2) is 0 Å². The number of hydrogen-bond acceptors (Lipinski definition) is 4. The third kappa shape index (κ3) is 4.64. The number of hydrogen-bond donors (Lipinski definition) is 1. The lowest BCUT2D eigenvalue weighted by atomic mass is 10.1. The van der Waals surface area contributed by atoms with E-state index in [1.807, 2.05) is 0 Å². The average Bonchev–Trinajstić information content (AvgIpc) is 3.07. The summed E-state index contributed by atoms with van der Waals surface area (Å²) in [5.41, 5.74) is 1.35. The highest BCUT2D eigenvalue weighted by Gasteiger charge is 2.38. The van der Waals surface area contributed by atoms with Crippen LogP contribution in [0, 0.1) is 5.92 Å². The fourth-order valence-electron chi connectivity index (χ4n) is 4.04. The predicted octanol–water partition coefficient (Wildman–Crippen LogP) is 2.30. The molecule has 8 heteroatoms. The van der Waals surface area contributed by atoms with Gasteiger partial charge in [-0.25, -0.2) is 8.42 Å². The molecular formula is C21H31N3O4S. The topological polar surface area (TPSA) is 86.8 Å². The van der Waals surface area contributed by atoms with Gasteiger partial charge in [0.2, 0.25) is 21.8 Å². The molecule has 0 bridgehead atoms. The highest BCUT2D eigenvalue weighted by Crippen LogP contribution is 2.35. The molecule has 2 aliphatic rings. The predicted molar refractivity (Wildman–Crippen MR) is 112 cm³/mol. The van der Waals surface area contributed by atoms with Gasteiger partial charge in [-0.05, 0) is 48.9 Å². The van der Waals surface area contributed by atoms with E-state index < -0.39 is 16.1 Å². The summed E-state index contributed by atoms with van der Waals surface area (Å²) in [6.07, 6.45) is 3.99. The zero-order valence-electron chi connectivity index (χ0n) is 17.5. The first-order valence-electron chi connectivity index (χ1n) is 10.4. The Morgan fingerprint density at radius 1 is 1.17 bits per heavy atom. The second-order valence-corrected chi connectivity index (χ2v) is 10.3. The zero-order chi connectivity index (χ0) is 21.2. The number of rotatable bonds is 6. The number of benzene rings is 1. The van der Waals surface area contributed by atoms with Crippen LogP contribution >= 0.6 is 0 Å². The van der Waals surface area contributed by atoms with E-state index in [9.17, 15) is 18.0 Å². The Labute approximate surface area is 173 Å². The Balaban J connectivity index is 1.83. The van der Waals surface area contributed by atoms with E-state index in [1.54, 1.807) is 18.2 Å². The number of carbonyl (C=O) groups excluding carboxylic acids is 2. The quantitative estimate of drug-likeness (QED) is 0.764. The minimum Gasteiger partial charge on any atom is -0.354 e. The summed E-state index contributed by atoms with van der Waals surface area (Å²) >= 11 is 0. The van der Waals surface area contributed by atoms with E-state index in [1.165, 1.54) is 16.1 Å². The summed E-state index contributed by atoms with van der Waals surface area (Å²) in [6, 6.07) is 4.21. The third-order valence-electron chi connectivity index (χ3n) is 5.65. The van der Waals surface area contributed by atoms with Crippen molar-refractivity contribution in [2.75, 3.05) is 24.5 Å². The largest absolute Gasteiger partial charge is 0.354 e. The summed E-state index contributed by atoms with van der Waals surface area (Å²) in [7, 11) is -3.55. The van der Waals surface area contributed by atoms with Crippen molar-refractivity contribution in [1.29, 1.82) is 0 Å². The fourth-order valence-corrected chi connectivity index (χ4v) is 5.61. The molecule has 1 N–H and O–H groups in total. The van der Waals surface area contributed by atoms with Gasteiger partial charge < -0.3 is 5.32 Å². The number of nitrogens with one attached hydrogen (secondary N) is 1. The van der Waals surface area contributed by atoms with Crippen molar-refractivity contribution in [2.24, 2.45) is 5.92 Å². The second kappa shape index (κ2) is 8.83. The minimum absolute atomic E-state index is 0.197. The van der Waals surface area contributed by atoms with Crippen molar-refractivity contribution < 1.29 is 18.0 Å². The summed E-state index contributed by atoms with van der Waals surface area (Å²) in [5, 5.41) is 2.91. The minimum atomic E-state index is -3.55. The van der Waals surface area contributed by atoms with Gasteiger partial charge in [0.05, 0.1) is 4.90 Å². The van der Waals surface area contributed by atoms with Crippen molar-refractivity contribution in [3.8, 4) is 0 Å². The number of anilines is 1. The SMILES string of the molecule is CC(=O)N1c2ccc(S(=O)(=O)N3CCCCC3)cc2C[C@@H]1C(=O)NCCC(C)C. The van der Waals surface area contributed by atoms with Crippen LogP contribution in [0.5, 0.6) is 0 Å². The average molecular weight is 422 g/mol. The van der Waals surface area contributed by atoms with E-state index in [2.05, 4.69) is 19.2 Å². The first-order chi connectivity index (χ1) is 13.7. The molecule has 0 aliphatic carbocycles. The van der Waals surface area contributed by atoms with Crippen LogP contribution in [0.3, 0.4) is 0 Å². The Bertz CT molecular complexity index is 876. The van der Waals surface area contributed by atoms with Crippen LogP contribution in [0.1, 0.15) is 52.0 Å². The molecule has 7 nitrogen and oxygen atoms in total. The molecule has 0 saturated carbocycles. The number of fused-ring (bicyclic) bond motifs is 1. The number of sulfonamides is 1. The second-order valence-electron chi connectivity index (χ2n) is 8.34. The van der Waals surface area contributed by atoms with Gasteiger partial charge in [-0.1, -0.05) is 20.3 Å². The summed E-state index contributed by atoms with van der Waals surface area (Å²) in [6.45, 7) is 7.25. The first-order valence-corrected chi connectivity index (χ1v) is 11.9. The number of amides is 2. The van der Waals surface area contributed by atoms with Crippen molar-refractivity contribution in [2.45, 2.75) is 63.8 Å². The lowest BCUT2D eigenvalue weighted by molar-refractivity contribution is -0.125. The molecule has 2 heterocycles. The van der Waals surface area contributed by atoms with Crippen molar-refractivity contribution in [1.82, 2.24) is 9.62 Å². The zero-order valence-corrected chi connectivity index (χ0v) is 18.3. The molecule has 29 heavy (non-hydrogen) atoms. The van der Waals surface area contributed by atoms with Gasteiger partial charge in [0.1, 0.15) is 6.04 Å². The molecule has 0 unspecified atom stereocenters. The molecule has 0 radical (unpaired) electrons. The normalized spacial score (nSPS) is 20.0. The van der Waals surface area contributed by atoms with Crippen molar-refractivity contribution in [3.05, 3.63) is 23.8 Å². The van der Waals surface area contributed by atoms with E-state index in [-0.39, 0.29) is 16.7 Å². The summed E-state index contributed by atoms with van der Waals surface area (Å²) in [4.78, 5) is 26.7. The highest BCUT2D eigenvalue weighted by atomic mass is 32.2. The lowest BCUT2D eigenvalue weighted by Crippen LogP contribution is -2.47. The maximum Gasteiger partial charge on any atom is 0.243 e. The molecule has 1 fully saturated rings. The molecule has 1 saturated heterocycles. The maximum absolute atomic E-state index is 13.0. The number of piperidine rings is 1. The van der Waals surface area contributed by atoms with Crippen molar-refractivity contribution in [3.63, 3.8) is 0 Å². The maximum atomic E-state index is 13.0. The van der Waals surface area contributed by atoms with Crippen LogP contribution in [0.15, 0.2) is 23.1 Å². The number of nitrogens with zero attached hydrogens (tertiary/aromatic N) is 2. The van der Waals surface area contributed by atoms with Gasteiger partial charge >= 0.3 is 0 Å². The van der Waals surface area contributed by atoms with Crippen LogP contribution < -0.4 is 10.2 Å². The van der Waals surface area contributed by atoms with Crippen molar-refractivity contribution >= 4 is 27.5 Å². The molecule has 2 aliphatic heterocycles. The van der Waals surface area contributed by atoms with Crippen LogP contribution in [0.25, 0.3) is 0 Å². The van der Waals surface area contributed by atoms with Crippen LogP contribution in [-0.2, 0) is 26.0 Å². The molecule has 1 aromatic rings. The molecule has 1 atom stereocenters. The van der Waals surface area contributed by atoms with Gasteiger partial charge in [-0.15, -0.1) is 0 Å². The van der Waals surface area contributed by atoms with Gasteiger partial charge in [-0.2, -0.15) is 4.31 Å². The summed E-state index contributed by atoms with van der Waals surface area (Å²) < 4.78 is 27.5. The molecule has 0 spiro atoms. The van der Waals surface area contributed by atoms with E-state index in [4.69, 9.17) is 0 Å². The molecule has 1 aromatic carbocycles. The van der Waals surface area contributed by atoms with Gasteiger partial charge in [-0.3, -0.25) is 14.5 Å². The fraction of sp³-hybridized carbons (Fsp3) is 0.619. The Morgan fingerprint density at radius 2 is 1.86 bits per heavy atom. The van der Waals surface area contributed by atoms with E-state index in [0.717, 1.165) is 31.2 Å². The number of carbonyl (C=O) groups is 2. The summed E-state index contributed by atoms with van der Waals surface area (Å²) in [5.74, 6) is 0.0550.